The Bertz CT molecular complexity index is 371. The minimum atomic E-state index is -0.204. The van der Waals surface area contributed by atoms with Gasteiger partial charge < -0.3 is 10.6 Å². The lowest BCUT2D eigenvalue weighted by Crippen LogP contribution is -2.38. The Kier molecular flexibility index (Phi) is 5.79. The Morgan fingerprint density at radius 1 is 1.35 bits per heavy atom. The molecule has 2 N–H and O–H groups in total. The van der Waals surface area contributed by atoms with Crippen LogP contribution in [0.5, 0.6) is 0 Å². The molecule has 0 bridgehead atoms. The van der Waals surface area contributed by atoms with Crippen molar-refractivity contribution in [3.8, 4) is 0 Å². The highest BCUT2D eigenvalue weighted by Gasteiger charge is 1.96. The molecule has 0 aliphatic heterocycles. The fraction of sp³-hybridized carbons (Fsp3) is 0.308. The van der Waals surface area contributed by atoms with Gasteiger partial charge in [-0.3, -0.25) is 4.99 Å². The first-order valence-electron chi connectivity index (χ1n) is 5.56. The fourth-order valence-electron chi connectivity index (χ4n) is 1.37. The molecular weight excluding hydrogens is 217 g/mol. The molecule has 0 saturated heterocycles. The van der Waals surface area contributed by atoms with E-state index in [2.05, 4.69) is 22.2 Å². The number of nitrogens with zero attached hydrogens (tertiary/aromatic N) is 1. The molecule has 0 atom stereocenters. The summed E-state index contributed by atoms with van der Waals surface area (Å²) < 4.78 is 12.7. The van der Waals surface area contributed by atoms with Crippen molar-refractivity contribution >= 4 is 5.96 Å². The number of halogens is 1. The lowest BCUT2D eigenvalue weighted by Gasteiger charge is -2.10. The summed E-state index contributed by atoms with van der Waals surface area (Å²) in [5, 5.41) is 6.24. The van der Waals surface area contributed by atoms with Crippen molar-refractivity contribution in [1.29, 1.82) is 0 Å². The van der Waals surface area contributed by atoms with Crippen LogP contribution in [0.4, 0.5) is 4.39 Å². The van der Waals surface area contributed by atoms with Gasteiger partial charge in [0.15, 0.2) is 5.96 Å². The Labute approximate surface area is 101 Å². The number of hydrogen-bond donors (Lipinski definition) is 2. The first-order valence-corrected chi connectivity index (χ1v) is 5.56. The topological polar surface area (TPSA) is 36.4 Å². The van der Waals surface area contributed by atoms with E-state index in [4.69, 9.17) is 0 Å². The van der Waals surface area contributed by atoms with Crippen molar-refractivity contribution in [2.24, 2.45) is 4.99 Å². The van der Waals surface area contributed by atoms with Gasteiger partial charge in [0.2, 0.25) is 0 Å². The monoisotopic (exact) mass is 235 g/mol. The molecule has 1 aromatic rings. The van der Waals surface area contributed by atoms with E-state index in [0.717, 1.165) is 24.5 Å². The van der Waals surface area contributed by atoms with Crippen LogP contribution in [0.2, 0.25) is 0 Å². The molecule has 17 heavy (non-hydrogen) atoms. The Balaban J connectivity index is 2.31. The molecule has 0 unspecified atom stereocenters. The SMILES string of the molecule is C=CCNC(=NC)NCCc1ccc(F)cc1. The van der Waals surface area contributed by atoms with Gasteiger partial charge in [-0.1, -0.05) is 18.2 Å². The molecule has 0 heterocycles. The number of nitrogens with one attached hydrogen (secondary N) is 2. The van der Waals surface area contributed by atoms with Gasteiger partial charge in [-0.2, -0.15) is 0 Å². The lowest BCUT2D eigenvalue weighted by atomic mass is 10.1. The molecule has 0 aromatic heterocycles. The third-order valence-electron chi connectivity index (χ3n) is 2.26. The van der Waals surface area contributed by atoms with Crippen molar-refractivity contribution in [1.82, 2.24) is 10.6 Å². The number of guanidine groups is 1. The number of benzene rings is 1. The molecule has 0 saturated carbocycles. The third-order valence-corrected chi connectivity index (χ3v) is 2.26. The second-order valence-electron chi connectivity index (χ2n) is 3.55. The van der Waals surface area contributed by atoms with Crippen molar-refractivity contribution in [2.75, 3.05) is 20.1 Å². The van der Waals surface area contributed by atoms with Crippen molar-refractivity contribution in [3.63, 3.8) is 0 Å². The third kappa shape index (κ3) is 5.15. The maximum Gasteiger partial charge on any atom is 0.191 e. The molecule has 4 heteroatoms. The first kappa shape index (κ1) is 13.2. The van der Waals surface area contributed by atoms with E-state index in [-0.39, 0.29) is 5.82 Å². The van der Waals surface area contributed by atoms with Crippen LogP contribution in [0.1, 0.15) is 5.56 Å². The van der Waals surface area contributed by atoms with Crippen LogP contribution < -0.4 is 10.6 Å². The Hall–Kier alpha value is -1.84. The summed E-state index contributed by atoms with van der Waals surface area (Å²) in [6.07, 6.45) is 2.60. The van der Waals surface area contributed by atoms with Crippen LogP contribution in [0.3, 0.4) is 0 Å². The molecule has 3 nitrogen and oxygen atoms in total. The van der Waals surface area contributed by atoms with Gasteiger partial charge >= 0.3 is 0 Å². The summed E-state index contributed by atoms with van der Waals surface area (Å²) in [6.45, 7) is 5.05. The van der Waals surface area contributed by atoms with Crippen LogP contribution in [-0.2, 0) is 6.42 Å². The van der Waals surface area contributed by atoms with E-state index in [9.17, 15) is 4.39 Å². The fourth-order valence-corrected chi connectivity index (χ4v) is 1.37. The molecule has 0 aliphatic rings. The van der Waals surface area contributed by atoms with E-state index < -0.39 is 0 Å². The van der Waals surface area contributed by atoms with E-state index in [0.29, 0.717) is 6.54 Å². The summed E-state index contributed by atoms with van der Waals surface area (Å²) >= 11 is 0. The van der Waals surface area contributed by atoms with Crippen molar-refractivity contribution in [2.45, 2.75) is 6.42 Å². The minimum Gasteiger partial charge on any atom is -0.356 e. The summed E-state index contributed by atoms with van der Waals surface area (Å²) in [5.74, 6) is 0.539. The number of hydrogen-bond acceptors (Lipinski definition) is 1. The summed E-state index contributed by atoms with van der Waals surface area (Å²) in [4.78, 5) is 4.06. The molecule has 0 aliphatic carbocycles. The smallest absolute Gasteiger partial charge is 0.191 e. The highest BCUT2D eigenvalue weighted by Crippen LogP contribution is 2.02. The van der Waals surface area contributed by atoms with Gasteiger partial charge in [0.05, 0.1) is 0 Å². The van der Waals surface area contributed by atoms with Gasteiger partial charge in [-0.05, 0) is 24.1 Å². The van der Waals surface area contributed by atoms with Gasteiger partial charge in [-0.15, -0.1) is 6.58 Å². The average molecular weight is 235 g/mol. The van der Waals surface area contributed by atoms with Crippen LogP contribution in [0.15, 0.2) is 41.9 Å². The Morgan fingerprint density at radius 2 is 2.06 bits per heavy atom. The predicted molar refractivity (Wildman–Crippen MR) is 69.7 cm³/mol. The van der Waals surface area contributed by atoms with E-state index in [1.807, 2.05) is 0 Å². The normalized spacial score (nSPS) is 11.1. The quantitative estimate of drug-likeness (QED) is 0.463. The minimum absolute atomic E-state index is 0.204. The van der Waals surface area contributed by atoms with Gasteiger partial charge in [0.1, 0.15) is 5.82 Å². The number of rotatable bonds is 5. The summed E-state index contributed by atoms with van der Waals surface area (Å²) in [6, 6.07) is 6.52. The van der Waals surface area contributed by atoms with Gasteiger partial charge in [-0.25, -0.2) is 4.39 Å². The second-order valence-corrected chi connectivity index (χ2v) is 3.55. The van der Waals surface area contributed by atoms with Crippen LogP contribution in [0.25, 0.3) is 0 Å². The molecular formula is C13H18FN3. The Morgan fingerprint density at radius 3 is 2.65 bits per heavy atom. The molecule has 1 aromatic carbocycles. The highest BCUT2D eigenvalue weighted by atomic mass is 19.1. The zero-order valence-corrected chi connectivity index (χ0v) is 10.0. The molecule has 0 fully saturated rings. The zero-order valence-electron chi connectivity index (χ0n) is 10.0. The van der Waals surface area contributed by atoms with E-state index in [1.165, 1.54) is 12.1 Å². The van der Waals surface area contributed by atoms with Crippen molar-refractivity contribution in [3.05, 3.63) is 48.3 Å². The molecule has 0 amide bonds. The first-order chi connectivity index (χ1) is 8.26. The highest BCUT2D eigenvalue weighted by molar-refractivity contribution is 5.79. The van der Waals surface area contributed by atoms with Gasteiger partial charge in [0, 0.05) is 20.1 Å². The van der Waals surface area contributed by atoms with E-state index in [1.54, 1.807) is 25.3 Å². The maximum atomic E-state index is 12.7. The van der Waals surface area contributed by atoms with Gasteiger partial charge in [0.25, 0.3) is 0 Å². The predicted octanol–water partition coefficient (Wildman–Crippen LogP) is 1.72. The van der Waals surface area contributed by atoms with Crippen LogP contribution >= 0.6 is 0 Å². The molecule has 0 radical (unpaired) electrons. The number of aliphatic imine (C=N–C) groups is 1. The van der Waals surface area contributed by atoms with Crippen LogP contribution in [-0.4, -0.2) is 26.1 Å². The largest absolute Gasteiger partial charge is 0.356 e. The lowest BCUT2D eigenvalue weighted by molar-refractivity contribution is 0.627. The maximum absolute atomic E-state index is 12.7. The van der Waals surface area contributed by atoms with Crippen LogP contribution in [0, 0.1) is 5.82 Å². The second kappa shape index (κ2) is 7.44. The summed E-state index contributed by atoms with van der Waals surface area (Å²) in [5.41, 5.74) is 1.10. The molecule has 1 rings (SSSR count). The summed E-state index contributed by atoms with van der Waals surface area (Å²) in [7, 11) is 1.72. The van der Waals surface area contributed by atoms with E-state index >= 15 is 0 Å². The average Bonchev–Trinajstić information content (AvgIpc) is 2.36. The van der Waals surface area contributed by atoms with Crippen molar-refractivity contribution < 1.29 is 4.39 Å². The zero-order chi connectivity index (χ0) is 12.5. The molecule has 92 valence electrons. The molecule has 0 spiro atoms. The standard InChI is InChI=1S/C13H18FN3/c1-3-9-16-13(15-2)17-10-8-11-4-6-12(14)7-5-11/h3-7H,1,8-10H2,2H3,(H2,15,16,17).